The zero-order chi connectivity index (χ0) is 15.0. The summed E-state index contributed by atoms with van der Waals surface area (Å²) in [5.74, 6) is 0. The Morgan fingerprint density at radius 1 is 1.33 bits per heavy atom. The predicted octanol–water partition coefficient (Wildman–Crippen LogP) is 5.62. The number of nitrogens with one attached hydrogen (secondary N) is 1. The van der Waals surface area contributed by atoms with Crippen molar-refractivity contribution in [1.82, 2.24) is 5.32 Å². The summed E-state index contributed by atoms with van der Waals surface area (Å²) in [7, 11) is 0. The molecule has 0 amide bonds. The lowest BCUT2D eigenvalue weighted by Gasteiger charge is -2.28. The normalized spacial score (nSPS) is 19.7. The van der Waals surface area contributed by atoms with Crippen LogP contribution in [0.2, 0.25) is 5.02 Å². The molecule has 112 valence electrons. The van der Waals surface area contributed by atoms with E-state index < -0.39 is 0 Å². The Labute approximate surface area is 143 Å². The molecule has 2 aromatic rings. The van der Waals surface area contributed by atoms with Gasteiger partial charge in [0.25, 0.3) is 0 Å². The lowest BCUT2D eigenvalue weighted by molar-refractivity contribution is 0.271. The molecule has 0 bridgehead atoms. The van der Waals surface area contributed by atoms with E-state index in [1.54, 1.807) is 0 Å². The Morgan fingerprint density at radius 2 is 2.14 bits per heavy atom. The van der Waals surface area contributed by atoms with Gasteiger partial charge in [0, 0.05) is 22.5 Å². The Kier molecular flexibility index (Phi) is 4.47. The Balaban J connectivity index is 1.71. The van der Waals surface area contributed by atoms with E-state index in [2.05, 4.69) is 59.4 Å². The summed E-state index contributed by atoms with van der Waals surface area (Å²) >= 11 is 11.5. The number of benzene rings is 1. The Morgan fingerprint density at radius 3 is 2.86 bits per heavy atom. The van der Waals surface area contributed by atoms with Gasteiger partial charge in [-0.25, -0.2) is 0 Å². The minimum absolute atomic E-state index is 0.239. The highest BCUT2D eigenvalue weighted by atomic mass is 79.9. The summed E-state index contributed by atoms with van der Waals surface area (Å²) in [6, 6.07) is 11.0. The highest BCUT2D eigenvalue weighted by Crippen LogP contribution is 2.45. The highest BCUT2D eigenvalue weighted by molar-refractivity contribution is 9.11. The Hall–Kier alpha value is -0.350. The van der Waals surface area contributed by atoms with Crippen molar-refractivity contribution in [3.05, 3.63) is 55.1 Å². The third kappa shape index (κ3) is 3.37. The first-order valence-electron chi connectivity index (χ1n) is 7.22. The molecule has 1 heterocycles. The largest absolute Gasteiger partial charge is 0.309 e. The molecule has 0 saturated heterocycles. The zero-order valence-corrected chi connectivity index (χ0v) is 15.4. The third-order valence-electron chi connectivity index (χ3n) is 4.20. The molecule has 1 unspecified atom stereocenters. The number of rotatable bonds is 4. The summed E-state index contributed by atoms with van der Waals surface area (Å²) in [6.45, 7) is 5.66. The second-order valence-electron chi connectivity index (χ2n) is 6.35. The minimum atomic E-state index is 0.239. The summed E-state index contributed by atoms with van der Waals surface area (Å²) in [5, 5.41) is 4.58. The van der Waals surface area contributed by atoms with E-state index in [1.807, 2.05) is 17.4 Å². The summed E-state index contributed by atoms with van der Waals surface area (Å²) in [6.07, 6.45) is 2.18. The summed E-state index contributed by atoms with van der Waals surface area (Å²) < 4.78 is 1.20. The maximum atomic E-state index is 6.18. The quantitative estimate of drug-likeness (QED) is 0.721. The number of thiophene rings is 1. The van der Waals surface area contributed by atoms with Crippen molar-refractivity contribution in [3.8, 4) is 0 Å². The first kappa shape index (κ1) is 15.5. The van der Waals surface area contributed by atoms with Gasteiger partial charge in [0.1, 0.15) is 0 Å². The van der Waals surface area contributed by atoms with Gasteiger partial charge in [-0.05, 0) is 69.6 Å². The third-order valence-corrected chi connectivity index (χ3v) is 6.11. The van der Waals surface area contributed by atoms with Gasteiger partial charge in [0.15, 0.2) is 0 Å². The molecule has 1 nitrogen and oxygen atoms in total. The van der Waals surface area contributed by atoms with Gasteiger partial charge in [-0.15, -0.1) is 11.3 Å². The molecule has 0 fully saturated rings. The topological polar surface area (TPSA) is 12.0 Å². The molecule has 1 N–H and O–H groups in total. The molecule has 1 aromatic heterocycles. The monoisotopic (exact) mass is 383 g/mol. The Bertz CT molecular complexity index is 650. The van der Waals surface area contributed by atoms with Gasteiger partial charge in [-0.3, -0.25) is 0 Å². The van der Waals surface area contributed by atoms with Crippen LogP contribution in [-0.2, 0) is 12.8 Å². The van der Waals surface area contributed by atoms with Crippen LogP contribution in [0.3, 0.4) is 0 Å². The van der Waals surface area contributed by atoms with Crippen molar-refractivity contribution >= 4 is 38.9 Å². The van der Waals surface area contributed by atoms with Gasteiger partial charge in [0.05, 0.1) is 3.79 Å². The fourth-order valence-corrected chi connectivity index (χ4v) is 4.88. The van der Waals surface area contributed by atoms with Crippen LogP contribution in [0.25, 0.3) is 0 Å². The molecule has 1 aromatic carbocycles. The predicted molar refractivity (Wildman–Crippen MR) is 95.4 cm³/mol. The van der Waals surface area contributed by atoms with Gasteiger partial charge in [-0.2, -0.15) is 0 Å². The molecule has 0 radical (unpaired) electrons. The van der Waals surface area contributed by atoms with Crippen molar-refractivity contribution in [2.24, 2.45) is 5.41 Å². The number of hydrogen-bond donors (Lipinski definition) is 1. The lowest BCUT2D eigenvalue weighted by atomic mass is 9.85. The number of halogens is 2. The molecule has 0 spiro atoms. The second-order valence-corrected chi connectivity index (χ2v) is 9.34. The molecule has 0 saturated carbocycles. The van der Waals surface area contributed by atoms with Gasteiger partial charge in [0.2, 0.25) is 0 Å². The van der Waals surface area contributed by atoms with Crippen molar-refractivity contribution in [3.63, 3.8) is 0 Å². The van der Waals surface area contributed by atoms with Crippen LogP contribution in [-0.4, -0.2) is 6.54 Å². The molecule has 0 aliphatic heterocycles. The van der Waals surface area contributed by atoms with E-state index in [4.69, 9.17) is 11.6 Å². The van der Waals surface area contributed by atoms with Crippen LogP contribution < -0.4 is 5.32 Å². The molecule has 1 aliphatic rings. The minimum Gasteiger partial charge on any atom is -0.309 e. The van der Waals surface area contributed by atoms with E-state index in [-0.39, 0.29) is 5.41 Å². The molecule has 4 heteroatoms. The summed E-state index contributed by atoms with van der Waals surface area (Å²) in [5.41, 5.74) is 3.05. The molecule has 1 atom stereocenters. The van der Waals surface area contributed by atoms with E-state index >= 15 is 0 Å². The van der Waals surface area contributed by atoms with Crippen LogP contribution >= 0.6 is 38.9 Å². The van der Waals surface area contributed by atoms with Crippen LogP contribution in [0.5, 0.6) is 0 Å². The zero-order valence-electron chi connectivity index (χ0n) is 12.2. The fraction of sp³-hybridized carbons (Fsp3) is 0.412. The molecular weight excluding hydrogens is 366 g/mol. The number of fused-ring (bicyclic) bond motifs is 1. The average molecular weight is 385 g/mol. The van der Waals surface area contributed by atoms with Crippen molar-refractivity contribution in [2.75, 3.05) is 6.54 Å². The highest BCUT2D eigenvalue weighted by Gasteiger charge is 2.38. The van der Waals surface area contributed by atoms with Crippen molar-refractivity contribution in [1.29, 1.82) is 0 Å². The average Bonchev–Trinajstić information content (AvgIpc) is 2.92. The van der Waals surface area contributed by atoms with E-state index in [0.29, 0.717) is 6.04 Å². The maximum absolute atomic E-state index is 6.18. The van der Waals surface area contributed by atoms with Gasteiger partial charge >= 0.3 is 0 Å². The standard InChI is InChI=1S/C17H19BrClNS/c1-17(2)10-11-3-4-12(19)9-14(11)16(17)20-8-7-13-5-6-15(18)21-13/h3-6,9,16,20H,7-8,10H2,1-2H3. The smallest absolute Gasteiger partial charge is 0.0701 e. The van der Waals surface area contributed by atoms with Crippen LogP contribution in [0.15, 0.2) is 34.1 Å². The first-order valence-corrected chi connectivity index (χ1v) is 9.20. The molecule has 21 heavy (non-hydrogen) atoms. The van der Waals surface area contributed by atoms with E-state index in [9.17, 15) is 0 Å². The van der Waals surface area contributed by atoms with Gasteiger partial charge < -0.3 is 5.32 Å². The second kappa shape index (κ2) is 6.04. The van der Waals surface area contributed by atoms with E-state index in [0.717, 1.165) is 24.4 Å². The first-order chi connectivity index (χ1) is 9.95. The van der Waals surface area contributed by atoms with Gasteiger partial charge in [-0.1, -0.05) is 31.5 Å². The maximum Gasteiger partial charge on any atom is 0.0701 e. The fourth-order valence-electron chi connectivity index (χ4n) is 3.22. The lowest BCUT2D eigenvalue weighted by Crippen LogP contribution is -2.32. The van der Waals surface area contributed by atoms with E-state index in [1.165, 1.54) is 19.8 Å². The molecule has 3 rings (SSSR count). The SMILES string of the molecule is CC1(C)Cc2ccc(Cl)cc2C1NCCc1ccc(Br)s1. The van der Waals surface area contributed by atoms with Crippen LogP contribution in [0.4, 0.5) is 0 Å². The molecule has 1 aliphatic carbocycles. The molecular formula is C17H19BrClNS. The van der Waals surface area contributed by atoms with Crippen LogP contribution in [0.1, 0.15) is 35.9 Å². The van der Waals surface area contributed by atoms with Crippen molar-refractivity contribution < 1.29 is 0 Å². The number of hydrogen-bond acceptors (Lipinski definition) is 2. The van der Waals surface area contributed by atoms with Crippen LogP contribution in [0, 0.1) is 5.41 Å². The van der Waals surface area contributed by atoms with Crippen molar-refractivity contribution in [2.45, 2.75) is 32.7 Å². The summed E-state index contributed by atoms with van der Waals surface area (Å²) in [4.78, 5) is 1.41.